The fourth-order valence-electron chi connectivity index (χ4n) is 2.33. The summed E-state index contributed by atoms with van der Waals surface area (Å²) in [5.41, 5.74) is -0.764. The molecule has 1 aliphatic heterocycles. The Morgan fingerprint density at radius 3 is 2.50 bits per heavy atom. The van der Waals surface area contributed by atoms with E-state index in [2.05, 4.69) is 10.2 Å². The number of β-amino-alcohol motifs (C(OH)–C–C–N with tert-alkyl or cyclic N) is 1. The summed E-state index contributed by atoms with van der Waals surface area (Å²) in [6.07, 6.45) is 0.746. The van der Waals surface area contributed by atoms with E-state index < -0.39 is 11.5 Å². The second-order valence-electron chi connectivity index (χ2n) is 5.79. The molecule has 7 heteroatoms. The lowest BCUT2D eigenvalue weighted by molar-refractivity contribution is -0.138. The first kappa shape index (κ1) is 16.7. The SMILES string of the molecule is CC(C)(CC(=O)O)NC(=O)N1CCCN(CCO)CC1. The molecule has 2 amide bonds. The van der Waals surface area contributed by atoms with Crippen LogP contribution in [0.25, 0.3) is 0 Å². The predicted octanol–water partition coefficient (Wildman–Crippen LogP) is -0.0507. The maximum absolute atomic E-state index is 12.2. The highest BCUT2D eigenvalue weighted by molar-refractivity contribution is 5.76. The molecule has 1 aliphatic rings. The van der Waals surface area contributed by atoms with Crippen molar-refractivity contribution in [3.8, 4) is 0 Å². The quantitative estimate of drug-likeness (QED) is 0.659. The van der Waals surface area contributed by atoms with E-state index in [-0.39, 0.29) is 19.1 Å². The van der Waals surface area contributed by atoms with Crippen molar-refractivity contribution in [2.45, 2.75) is 32.2 Å². The van der Waals surface area contributed by atoms with Crippen LogP contribution in [-0.4, -0.2) is 76.9 Å². The summed E-state index contributed by atoms with van der Waals surface area (Å²) in [5, 5.41) is 20.5. The van der Waals surface area contributed by atoms with Crippen molar-refractivity contribution in [2.24, 2.45) is 0 Å². The monoisotopic (exact) mass is 287 g/mol. The average molecular weight is 287 g/mol. The van der Waals surface area contributed by atoms with Crippen LogP contribution in [0.1, 0.15) is 26.7 Å². The Labute approximate surface area is 119 Å². The Kier molecular flexibility index (Phi) is 6.22. The molecule has 0 radical (unpaired) electrons. The Bertz CT molecular complexity index is 347. The van der Waals surface area contributed by atoms with Gasteiger partial charge in [-0.2, -0.15) is 0 Å². The fraction of sp³-hybridized carbons (Fsp3) is 0.846. The number of rotatable bonds is 5. The van der Waals surface area contributed by atoms with Gasteiger partial charge in [-0.05, 0) is 26.8 Å². The van der Waals surface area contributed by atoms with Crippen molar-refractivity contribution in [1.29, 1.82) is 0 Å². The van der Waals surface area contributed by atoms with Crippen LogP contribution in [0.4, 0.5) is 4.79 Å². The molecule has 20 heavy (non-hydrogen) atoms. The van der Waals surface area contributed by atoms with Crippen LogP contribution < -0.4 is 5.32 Å². The van der Waals surface area contributed by atoms with E-state index in [0.717, 1.165) is 19.5 Å². The van der Waals surface area contributed by atoms with Gasteiger partial charge in [-0.15, -0.1) is 0 Å². The molecule has 0 bridgehead atoms. The second kappa shape index (κ2) is 7.44. The van der Waals surface area contributed by atoms with E-state index in [1.807, 2.05) is 0 Å². The van der Waals surface area contributed by atoms with Gasteiger partial charge in [0.25, 0.3) is 0 Å². The number of nitrogens with one attached hydrogen (secondary N) is 1. The maximum atomic E-state index is 12.2. The van der Waals surface area contributed by atoms with Crippen LogP contribution >= 0.6 is 0 Å². The number of nitrogens with zero attached hydrogens (tertiary/aromatic N) is 2. The smallest absolute Gasteiger partial charge is 0.317 e. The lowest BCUT2D eigenvalue weighted by Gasteiger charge is -2.29. The van der Waals surface area contributed by atoms with E-state index in [0.29, 0.717) is 19.6 Å². The first-order chi connectivity index (χ1) is 9.34. The number of urea groups is 1. The van der Waals surface area contributed by atoms with Crippen molar-refractivity contribution in [1.82, 2.24) is 15.1 Å². The summed E-state index contributed by atoms with van der Waals surface area (Å²) in [4.78, 5) is 26.7. The van der Waals surface area contributed by atoms with Gasteiger partial charge in [0.2, 0.25) is 0 Å². The van der Waals surface area contributed by atoms with Crippen LogP contribution in [0, 0.1) is 0 Å². The van der Waals surface area contributed by atoms with Crippen LogP contribution in [0.5, 0.6) is 0 Å². The predicted molar refractivity (Wildman–Crippen MR) is 74.6 cm³/mol. The van der Waals surface area contributed by atoms with E-state index in [1.54, 1.807) is 18.7 Å². The van der Waals surface area contributed by atoms with Gasteiger partial charge in [0.1, 0.15) is 0 Å². The molecule has 0 saturated carbocycles. The number of carbonyl (C=O) groups excluding carboxylic acids is 1. The number of hydrogen-bond acceptors (Lipinski definition) is 4. The molecule has 116 valence electrons. The summed E-state index contributed by atoms with van der Waals surface area (Å²) in [6.45, 7) is 6.99. The van der Waals surface area contributed by atoms with Gasteiger partial charge in [-0.25, -0.2) is 4.79 Å². The fourth-order valence-corrected chi connectivity index (χ4v) is 2.33. The van der Waals surface area contributed by atoms with Crippen molar-refractivity contribution in [2.75, 3.05) is 39.3 Å². The van der Waals surface area contributed by atoms with Gasteiger partial charge in [0.05, 0.1) is 13.0 Å². The lowest BCUT2D eigenvalue weighted by atomic mass is 10.0. The highest BCUT2D eigenvalue weighted by Crippen LogP contribution is 2.10. The Hall–Kier alpha value is -1.34. The number of aliphatic hydroxyl groups is 1. The Morgan fingerprint density at radius 1 is 1.20 bits per heavy atom. The molecule has 0 atom stereocenters. The summed E-state index contributed by atoms with van der Waals surface area (Å²) in [5.74, 6) is -0.930. The van der Waals surface area contributed by atoms with Crippen LogP contribution in [0.3, 0.4) is 0 Å². The zero-order valence-corrected chi connectivity index (χ0v) is 12.3. The van der Waals surface area contributed by atoms with Crippen LogP contribution in [0.2, 0.25) is 0 Å². The van der Waals surface area contributed by atoms with Crippen molar-refractivity contribution in [3.05, 3.63) is 0 Å². The molecule has 0 spiro atoms. The molecule has 1 heterocycles. The minimum absolute atomic E-state index is 0.108. The van der Waals surface area contributed by atoms with E-state index in [9.17, 15) is 9.59 Å². The summed E-state index contributed by atoms with van der Waals surface area (Å²) >= 11 is 0. The van der Waals surface area contributed by atoms with E-state index in [4.69, 9.17) is 10.2 Å². The molecule has 1 rings (SSSR count). The highest BCUT2D eigenvalue weighted by atomic mass is 16.4. The highest BCUT2D eigenvalue weighted by Gasteiger charge is 2.27. The normalized spacial score (nSPS) is 17.6. The number of carboxylic acids is 1. The zero-order chi connectivity index (χ0) is 15.2. The average Bonchev–Trinajstić information content (AvgIpc) is 2.52. The lowest BCUT2D eigenvalue weighted by Crippen LogP contribution is -2.51. The first-order valence-corrected chi connectivity index (χ1v) is 6.96. The molecular weight excluding hydrogens is 262 g/mol. The number of amides is 2. The standard InChI is InChI=1S/C13H25N3O4/c1-13(2,10-11(18)19)14-12(20)16-5-3-4-15(6-7-16)8-9-17/h17H,3-10H2,1-2H3,(H,14,20)(H,18,19). The molecule has 0 aromatic carbocycles. The number of aliphatic hydroxyl groups excluding tert-OH is 1. The summed E-state index contributed by atoms with van der Waals surface area (Å²) in [7, 11) is 0. The van der Waals surface area contributed by atoms with Crippen LogP contribution in [-0.2, 0) is 4.79 Å². The third-order valence-electron chi connectivity index (χ3n) is 3.33. The van der Waals surface area contributed by atoms with Gasteiger partial charge < -0.3 is 20.4 Å². The van der Waals surface area contributed by atoms with Gasteiger partial charge >= 0.3 is 12.0 Å². The number of hydrogen-bond donors (Lipinski definition) is 3. The Morgan fingerprint density at radius 2 is 1.90 bits per heavy atom. The van der Waals surface area contributed by atoms with Crippen molar-refractivity contribution in [3.63, 3.8) is 0 Å². The second-order valence-corrected chi connectivity index (χ2v) is 5.79. The Balaban J connectivity index is 2.49. The molecule has 0 aliphatic carbocycles. The molecular formula is C13H25N3O4. The van der Waals surface area contributed by atoms with Gasteiger partial charge in [-0.3, -0.25) is 9.69 Å². The summed E-state index contributed by atoms with van der Waals surface area (Å²) in [6, 6.07) is -0.220. The molecule has 1 saturated heterocycles. The molecule has 0 aromatic heterocycles. The molecule has 0 aromatic rings. The minimum Gasteiger partial charge on any atom is -0.481 e. The van der Waals surface area contributed by atoms with E-state index >= 15 is 0 Å². The molecule has 1 fully saturated rings. The summed E-state index contributed by atoms with van der Waals surface area (Å²) < 4.78 is 0. The minimum atomic E-state index is -0.930. The number of carbonyl (C=O) groups is 2. The number of aliphatic carboxylic acids is 1. The van der Waals surface area contributed by atoms with Gasteiger partial charge in [-0.1, -0.05) is 0 Å². The van der Waals surface area contributed by atoms with Crippen molar-refractivity contribution >= 4 is 12.0 Å². The van der Waals surface area contributed by atoms with E-state index in [1.165, 1.54) is 0 Å². The third-order valence-corrected chi connectivity index (χ3v) is 3.33. The molecule has 0 unspecified atom stereocenters. The van der Waals surface area contributed by atoms with Crippen LogP contribution in [0.15, 0.2) is 0 Å². The molecule has 7 nitrogen and oxygen atoms in total. The maximum Gasteiger partial charge on any atom is 0.317 e. The largest absolute Gasteiger partial charge is 0.481 e. The molecule has 3 N–H and O–H groups in total. The number of carboxylic acid groups (broad SMARTS) is 1. The third kappa shape index (κ3) is 5.75. The van der Waals surface area contributed by atoms with Crippen molar-refractivity contribution < 1.29 is 19.8 Å². The zero-order valence-electron chi connectivity index (χ0n) is 12.3. The van der Waals surface area contributed by atoms with Gasteiger partial charge in [0, 0.05) is 31.7 Å². The van der Waals surface area contributed by atoms with Gasteiger partial charge in [0.15, 0.2) is 0 Å². The topological polar surface area (TPSA) is 93.1 Å². The first-order valence-electron chi connectivity index (χ1n) is 6.96.